The quantitative estimate of drug-likeness (QED) is 0.773. The van der Waals surface area contributed by atoms with Gasteiger partial charge >= 0.3 is 6.03 Å². The number of anilines is 1. The molecule has 0 aliphatic carbocycles. The van der Waals surface area contributed by atoms with E-state index in [1.54, 1.807) is 29.2 Å². The van der Waals surface area contributed by atoms with Gasteiger partial charge in [-0.25, -0.2) is 17.6 Å². The summed E-state index contributed by atoms with van der Waals surface area (Å²) in [6.07, 6.45) is 0.459. The molecule has 0 saturated carbocycles. The maximum Gasteiger partial charge on any atom is 0.321 e. The van der Waals surface area contributed by atoms with E-state index in [-0.39, 0.29) is 35.6 Å². The van der Waals surface area contributed by atoms with Gasteiger partial charge in [0, 0.05) is 36.9 Å². The first kappa shape index (κ1) is 20.9. The number of benzene rings is 2. The summed E-state index contributed by atoms with van der Waals surface area (Å²) in [4.78, 5) is 13.9. The molecule has 6 nitrogen and oxygen atoms in total. The molecular formula is C18H18Cl2FN3O3S. The highest BCUT2D eigenvalue weighted by atomic mass is 35.5. The fraction of sp³-hybridized carbons (Fsp3) is 0.278. The highest BCUT2D eigenvalue weighted by molar-refractivity contribution is 7.89. The van der Waals surface area contributed by atoms with Crippen LogP contribution in [0.15, 0.2) is 47.4 Å². The van der Waals surface area contributed by atoms with Gasteiger partial charge < -0.3 is 10.2 Å². The lowest BCUT2D eigenvalue weighted by Crippen LogP contribution is -2.39. The van der Waals surface area contributed by atoms with Crippen molar-refractivity contribution >= 4 is 44.9 Å². The number of nitrogens with one attached hydrogen (secondary N) is 1. The molecule has 10 heteroatoms. The van der Waals surface area contributed by atoms with Crippen LogP contribution in [0.5, 0.6) is 0 Å². The van der Waals surface area contributed by atoms with Crippen LogP contribution in [0.2, 0.25) is 10.0 Å². The molecule has 2 aromatic rings. The zero-order valence-corrected chi connectivity index (χ0v) is 17.1. The van der Waals surface area contributed by atoms with Crippen LogP contribution < -0.4 is 5.32 Å². The van der Waals surface area contributed by atoms with E-state index in [1.165, 1.54) is 4.31 Å². The molecule has 1 heterocycles. The molecule has 1 saturated heterocycles. The molecule has 0 unspecified atom stereocenters. The molecule has 1 N–H and O–H groups in total. The first-order chi connectivity index (χ1) is 13.3. The summed E-state index contributed by atoms with van der Waals surface area (Å²) in [5, 5.41) is 3.09. The molecule has 2 aromatic carbocycles. The third-order valence-electron chi connectivity index (χ3n) is 4.33. The Balaban J connectivity index is 1.69. The topological polar surface area (TPSA) is 69.7 Å². The molecule has 0 radical (unpaired) electrons. The number of sulfonamides is 1. The van der Waals surface area contributed by atoms with E-state index in [0.29, 0.717) is 23.7 Å². The molecule has 1 aliphatic heterocycles. The predicted molar refractivity (Wildman–Crippen MR) is 107 cm³/mol. The van der Waals surface area contributed by atoms with Crippen LogP contribution in [0.3, 0.4) is 0 Å². The van der Waals surface area contributed by atoms with Gasteiger partial charge in [-0.05, 0) is 42.8 Å². The van der Waals surface area contributed by atoms with Crippen molar-refractivity contribution in [1.29, 1.82) is 0 Å². The van der Waals surface area contributed by atoms with Crippen LogP contribution in [0.1, 0.15) is 6.42 Å². The summed E-state index contributed by atoms with van der Waals surface area (Å²) >= 11 is 11.8. The monoisotopic (exact) mass is 445 g/mol. The van der Waals surface area contributed by atoms with E-state index in [2.05, 4.69) is 5.32 Å². The molecule has 0 aromatic heterocycles. The molecular weight excluding hydrogens is 428 g/mol. The van der Waals surface area contributed by atoms with Gasteiger partial charge in [0.25, 0.3) is 0 Å². The summed E-state index contributed by atoms with van der Waals surface area (Å²) < 4.78 is 40.2. The molecule has 1 fully saturated rings. The van der Waals surface area contributed by atoms with Crippen LogP contribution in [0.25, 0.3) is 0 Å². The van der Waals surface area contributed by atoms with Crippen LogP contribution in [-0.4, -0.2) is 49.8 Å². The first-order valence-corrected chi connectivity index (χ1v) is 10.7. The van der Waals surface area contributed by atoms with Crippen LogP contribution in [0, 0.1) is 5.82 Å². The van der Waals surface area contributed by atoms with Gasteiger partial charge in [-0.15, -0.1) is 0 Å². The van der Waals surface area contributed by atoms with Crippen molar-refractivity contribution in [1.82, 2.24) is 9.21 Å². The lowest BCUT2D eigenvalue weighted by molar-refractivity contribution is 0.214. The number of rotatable bonds is 3. The SMILES string of the molecule is O=C(Nc1cccc(Cl)c1)N1CCCN(S(=O)(=O)c2ccc(F)cc2Cl)CC1. The Labute approximate surface area is 172 Å². The number of hydrogen-bond acceptors (Lipinski definition) is 3. The fourth-order valence-electron chi connectivity index (χ4n) is 2.93. The van der Waals surface area contributed by atoms with Gasteiger partial charge in [0.2, 0.25) is 10.0 Å². The standard InChI is InChI=1S/C18H18Cl2FN3O3S/c19-13-3-1-4-15(11-13)22-18(25)23-7-2-8-24(10-9-23)28(26,27)17-6-5-14(21)12-16(17)20/h1,3-6,11-12H,2,7-10H2,(H,22,25). The number of halogens is 3. The van der Waals surface area contributed by atoms with E-state index in [9.17, 15) is 17.6 Å². The number of carbonyl (C=O) groups is 1. The van der Waals surface area contributed by atoms with Gasteiger partial charge in [-0.3, -0.25) is 0 Å². The number of urea groups is 1. The largest absolute Gasteiger partial charge is 0.323 e. The number of carbonyl (C=O) groups excluding carboxylic acids is 1. The van der Waals surface area contributed by atoms with Crippen molar-refractivity contribution in [3.8, 4) is 0 Å². The smallest absolute Gasteiger partial charge is 0.321 e. The Morgan fingerprint density at radius 1 is 1.04 bits per heavy atom. The minimum Gasteiger partial charge on any atom is -0.323 e. The minimum absolute atomic E-state index is 0.110. The highest BCUT2D eigenvalue weighted by Gasteiger charge is 2.30. The summed E-state index contributed by atoms with van der Waals surface area (Å²) in [5.74, 6) is -0.608. The molecule has 1 aliphatic rings. The Hall–Kier alpha value is -1.87. The Bertz CT molecular complexity index is 988. The van der Waals surface area contributed by atoms with Crippen molar-refractivity contribution in [2.75, 3.05) is 31.5 Å². The lowest BCUT2D eigenvalue weighted by Gasteiger charge is -2.22. The zero-order valence-electron chi connectivity index (χ0n) is 14.7. The van der Waals surface area contributed by atoms with E-state index < -0.39 is 15.8 Å². The zero-order chi connectivity index (χ0) is 20.3. The summed E-state index contributed by atoms with van der Waals surface area (Å²) in [5.41, 5.74) is 0.560. The average Bonchev–Trinajstić information content (AvgIpc) is 2.88. The number of hydrogen-bond donors (Lipinski definition) is 1. The second kappa shape index (κ2) is 8.65. The highest BCUT2D eigenvalue weighted by Crippen LogP contribution is 2.26. The Morgan fingerprint density at radius 3 is 2.54 bits per heavy atom. The van der Waals surface area contributed by atoms with E-state index in [1.807, 2.05) is 0 Å². The van der Waals surface area contributed by atoms with E-state index >= 15 is 0 Å². The van der Waals surface area contributed by atoms with Gasteiger partial charge in [0.15, 0.2) is 0 Å². The van der Waals surface area contributed by atoms with Crippen molar-refractivity contribution < 1.29 is 17.6 Å². The van der Waals surface area contributed by atoms with Gasteiger partial charge in [0.05, 0.1) is 5.02 Å². The summed E-state index contributed by atoms with van der Waals surface area (Å²) in [7, 11) is -3.89. The molecule has 0 atom stereocenters. The van der Waals surface area contributed by atoms with Crippen molar-refractivity contribution in [3.63, 3.8) is 0 Å². The fourth-order valence-corrected chi connectivity index (χ4v) is 5.09. The van der Waals surface area contributed by atoms with Crippen molar-refractivity contribution in [2.24, 2.45) is 0 Å². The van der Waals surface area contributed by atoms with Gasteiger partial charge in [0.1, 0.15) is 10.7 Å². The molecule has 150 valence electrons. The minimum atomic E-state index is -3.89. The second-order valence-electron chi connectivity index (χ2n) is 6.26. The molecule has 0 bridgehead atoms. The second-order valence-corrected chi connectivity index (χ2v) is 9.01. The van der Waals surface area contributed by atoms with Crippen LogP contribution in [0.4, 0.5) is 14.9 Å². The molecule has 2 amide bonds. The molecule has 0 spiro atoms. The Kier molecular flexibility index (Phi) is 6.44. The van der Waals surface area contributed by atoms with Crippen LogP contribution in [-0.2, 0) is 10.0 Å². The lowest BCUT2D eigenvalue weighted by atomic mass is 10.3. The summed E-state index contributed by atoms with van der Waals surface area (Å²) in [6.45, 7) is 0.954. The van der Waals surface area contributed by atoms with E-state index in [0.717, 1.165) is 18.2 Å². The van der Waals surface area contributed by atoms with Gasteiger partial charge in [-0.1, -0.05) is 29.3 Å². The third kappa shape index (κ3) is 4.75. The molecule has 28 heavy (non-hydrogen) atoms. The van der Waals surface area contributed by atoms with Crippen molar-refractivity contribution in [3.05, 3.63) is 58.3 Å². The van der Waals surface area contributed by atoms with Crippen LogP contribution >= 0.6 is 23.2 Å². The maximum absolute atomic E-state index is 13.2. The van der Waals surface area contributed by atoms with E-state index in [4.69, 9.17) is 23.2 Å². The third-order valence-corrected chi connectivity index (χ3v) is 6.95. The predicted octanol–water partition coefficient (Wildman–Crippen LogP) is 4.06. The normalized spacial score (nSPS) is 15.9. The molecule has 3 rings (SSSR count). The number of nitrogens with zero attached hydrogens (tertiary/aromatic N) is 2. The van der Waals surface area contributed by atoms with Crippen molar-refractivity contribution in [2.45, 2.75) is 11.3 Å². The first-order valence-electron chi connectivity index (χ1n) is 8.54. The summed E-state index contributed by atoms with van der Waals surface area (Å²) in [6, 6.07) is 9.62. The average molecular weight is 446 g/mol. The van der Waals surface area contributed by atoms with Gasteiger partial charge in [-0.2, -0.15) is 4.31 Å². The Morgan fingerprint density at radius 2 is 1.82 bits per heavy atom. The number of amides is 2. The maximum atomic E-state index is 13.2.